The highest BCUT2D eigenvalue weighted by Crippen LogP contribution is 2.28. The number of aromatic nitrogens is 2. The fourth-order valence-corrected chi connectivity index (χ4v) is 3.10. The van der Waals surface area contributed by atoms with Gasteiger partial charge < -0.3 is 5.11 Å². The van der Waals surface area contributed by atoms with Crippen LogP contribution in [0.1, 0.15) is 22.9 Å². The van der Waals surface area contributed by atoms with Crippen molar-refractivity contribution in [3.05, 3.63) is 50.2 Å². The Balaban J connectivity index is 2.29. The first kappa shape index (κ1) is 14.8. The second-order valence-electron chi connectivity index (χ2n) is 4.61. The van der Waals surface area contributed by atoms with Crippen LogP contribution in [0.5, 0.6) is 0 Å². The monoisotopic (exact) mass is 386 g/mol. The maximum Gasteiger partial charge on any atom is 0.0738 e. The topological polar surface area (TPSA) is 38.0 Å². The van der Waals surface area contributed by atoms with E-state index in [1.807, 2.05) is 36.9 Å². The molecule has 19 heavy (non-hydrogen) atoms. The number of aryl methyl sites for hydroxylation is 2. The maximum atomic E-state index is 9.66. The first-order valence-electron chi connectivity index (χ1n) is 6.07. The maximum absolute atomic E-state index is 9.66. The summed E-state index contributed by atoms with van der Waals surface area (Å²) in [6.07, 6.45) is 0.755. The minimum absolute atomic E-state index is 0.0728. The zero-order valence-corrected chi connectivity index (χ0v) is 14.1. The Kier molecular flexibility index (Phi) is 4.81. The van der Waals surface area contributed by atoms with Gasteiger partial charge in [0.1, 0.15) is 0 Å². The zero-order valence-electron chi connectivity index (χ0n) is 10.9. The Morgan fingerprint density at radius 3 is 2.63 bits per heavy atom. The van der Waals surface area contributed by atoms with E-state index in [1.54, 1.807) is 0 Å². The predicted molar refractivity (Wildman–Crippen MR) is 83.3 cm³/mol. The lowest BCUT2D eigenvalue weighted by molar-refractivity contribution is 0.263. The Labute approximate surface area is 129 Å². The summed E-state index contributed by atoms with van der Waals surface area (Å²) in [5.74, 6) is 0.0728. The van der Waals surface area contributed by atoms with Crippen LogP contribution in [-0.2, 0) is 13.5 Å². The van der Waals surface area contributed by atoms with Crippen LogP contribution in [0.2, 0.25) is 0 Å². The van der Waals surface area contributed by atoms with Crippen molar-refractivity contribution < 1.29 is 5.11 Å². The van der Waals surface area contributed by atoms with Gasteiger partial charge in [0.05, 0.1) is 22.5 Å². The van der Waals surface area contributed by atoms with Crippen molar-refractivity contribution in [1.82, 2.24) is 9.78 Å². The molecule has 5 heteroatoms. The number of aliphatic hydroxyl groups excluding tert-OH is 1. The van der Waals surface area contributed by atoms with Gasteiger partial charge in [0.25, 0.3) is 0 Å². The average Bonchev–Trinajstić information content (AvgIpc) is 2.61. The standard InChI is InChI=1S/C14H16Br2N2O/c1-9-14(16)13(18(2)17-9)7-11(8-19)10-4-3-5-12(15)6-10/h3-6,11,19H,7-8H2,1-2H3. The van der Waals surface area contributed by atoms with Crippen LogP contribution in [-0.4, -0.2) is 21.5 Å². The second-order valence-corrected chi connectivity index (χ2v) is 6.32. The highest BCUT2D eigenvalue weighted by Gasteiger charge is 2.18. The average molecular weight is 388 g/mol. The van der Waals surface area contributed by atoms with E-state index >= 15 is 0 Å². The van der Waals surface area contributed by atoms with Gasteiger partial charge in [0.15, 0.2) is 0 Å². The van der Waals surface area contributed by atoms with Crippen molar-refractivity contribution in [2.75, 3.05) is 6.61 Å². The predicted octanol–water partition coefficient (Wildman–Crippen LogP) is 3.57. The van der Waals surface area contributed by atoms with Crippen molar-refractivity contribution >= 4 is 31.9 Å². The molecule has 1 unspecified atom stereocenters. The van der Waals surface area contributed by atoms with Gasteiger partial charge in [0.2, 0.25) is 0 Å². The fraction of sp³-hybridized carbons (Fsp3) is 0.357. The van der Waals surface area contributed by atoms with Crippen molar-refractivity contribution in [1.29, 1.82) is 0 Å². The van der Waals surface area contributed by atoms with E-state index in [9.17, 15) is 5.11 Å². The van der Waals surface area contributed by atoms with Gasteiger partial charge in [-0.1, -0.05) is 28.1 Å². The normalized spacial score (nSPS) is 12.7. The van der Waals surface area contributed by atoms with Gasteiger partial charge >= 0.3 is 0 Å². The molecule has 0 saturated carbocycles. The minimum Gasteiger partial charge on any atom is -0.396 e. The van der Waals surface area contributed by atoms with Crippen molar-refractivity contribution in [2.24, 2.45) is 7.05 Å². The summed E-state index contributed by atoms with van der Waals surface area (Å²) in [7, 11) is 1.93. The number of hydrogen-bond acceptors (Lipinski definition) is 2. The number of rotatable bonds is 4. The summed E-state index contributed by atoms with van der Waals surface area (Å²) in [4.78, 5) is 0. The van der Waals surface area contributed by atoms with Crippen LogP contribution in [0.25, 0.3) is 0 Å². The first-order valence-corrected chi connectivity index (χ1v) is 7.65. The number of aliphatic hydroxyl groups is 1. The molecule has 1 aromatic heterocycles. The Morgan fingerprint density at radius 1 is 1.37 bits per heavy atom. The molecular formula is C14H16Br2N2O. The molecule has 1 N–H and O–H groups in total. The van der Waals surface area contributed by atoms with Crippen molar-refractivity contribution in [2.45, 2.75) is 19.3 Å². The van der Waals surface area contributed by atoms with Gasteiger partial charge in [-0.3, -0.25) is 4.68 Å². The van der Waals surface area contributed by atoms with Crippen molar-refractivity contribution in [3.8, 4) is 0 Å². The summed E-state index contributed by atoms with van der Waals surface area (Å²) in [5.41, 5.74) is 3.21. The zero-order chi connectivity index (χ0) is 14.0. The highest BCUT2D eigenvalue weighted by atomic mass is 79.9. The van der Waals surface area contributed by atoms with Crippen LogP contribution in [0, 0.1) is 6.92 Å². The van der Waals surface area contributed by atoms with Gasteiger partial charge in [0, 0.05) is 17.4 Å². The molecule has 3 nitrogen and oxygen atoms in total. The summed E-state index contributed by atoms with van der Waals surface area (Å²) in [6.45, 7) is 2.09. The van der Waals surface area contributed by atoms with E-state index < -0.39 is 0 Å². The molecule has 1 aromatic carbocycles. The minimum atomic E-state index is 0.0728. The molecule has 102 valence electrons. The molecule has 0 amide bonds. The molecule has 2 aromatic rings. The number of benzene rings is 1. The molecule has 0 saturated heterocycles. The van der Waals surface area contributed by atoms with Crippen LogP contribution in [0.3, 0.4) is 0 Å². The number of nitrogens with zero attached hydrogens (tertiary/aromatic N) is 2. The van der Waals surface area contributed by atoms with Crippen LogP contribution < -0.4 is 0 Å². The molecule has 1 atom stereocenters. The van der Waals surface area contributed by atoms with E-state index in [0.29, 0.717) is 0 Å². The van der Waals surface area contributed by atoms with E-state index in [2.05, 4.69) is 43.0 Å². The quantitative estimate of drug-likeness (QED) is 0.870. The molecule has 0 radical (unpaired) electrons. The number of halogens is 2. The summed E-state index contributed by atoms with van der Waals surface area (Å²) < 4.78 is 3.94. The van der Waals surface area contributed by atoms with E-state index in [-0.39, 0.29) is 12.5 Å². The third kappa shape index (κ3) is 3.27. The van der Waals surface area contributed by atoms with Crippen LogP contribution in [0.4, 0.5) is 0 Å². The molecule has 0 aliphatic carbocycles. The highest BCUT2D eigenvalue weighted by molar-refractivity contribution is 9.10. The molecule has 0 aliphatic heterocycles. The molecule has 0 fully saturated rings. The lowest BCUT2D eigenvalue weighted by atomic mass is 9.95. The Bertz CT molecular complexity index is 581. The largest absolute Gasteiger partial charge is 0.396 e. The SMILES string of the molecule is Cc1nn(C)c(CC(CO)c2cccc(Br)c2)c1Br. The fourth-order valence-electron chi connectivity index (χ4n) is 2.18. The molecule has 1 heterocycles. The summed E-state index contributed by atoms with van der Waals surface area (Å²) in [5, 5.41) is 14.0. The Morgan fingerprint density at radius 2 is 2.11 bits per heavy atom. The third-order valence-corrected chi connectivity index (χ3v) is 4.77. The van der Waals surface area contributed by atoms with Crippen LogP contribution in [0.15, 0.2) is 33.2 Å². The third-order valence-electron chi connectivity index (χ3n) is 3.24. The summed E-state index contributed by atoms with van der Waals surface area (Å²) in [6, 6.07) is 8.08. The van der Waals surface area contributed by atoms with Crippen molar-refractivity contribution in [3.63, 3.8) is 0 Å². The molecule has 0 bridgehead atoms. The molecule has 2 rings (SSSR count). The van der Waals surface area contributed by atoms with Gasteiger partial charge in [-0.25, -0.2) is 0 Å². The lowest BCUT2D eigenvalue weighted by Gasteiger charge is -2.15. The van der Waals surface area contributed by atoms with Gasteiger partial charge in [-0.15, -0.1) is 0 Å². The smallest absolute Gasteiger partial charge is 0.0738 e. The first-order chi connectivity index (χ1) is 9.02. The molecular weight excluding hydrogens is 372 g/mol. The molecule has 0 spiro atoms. The van der Waals surface area contributed by atoms with E-state index in [4.69, 9.17) is 0 Å². The van der Waals surface area contributed by atoms with E-state index in [1.165, 1.54) is 0 Å². The van der Waals surface area contributed by atoms with Gasteiger partial charge in [-0.05, 0) is 47.0 Å². The number of hydrogen-bond donors (Lipinski definition) is 1. The second kappa shape index (κ2) is 6.20. The van der Waals surface area contributed by atoms with Crippen LogP contribution >= 0.6 is 31.9 Å². The summed E-state index contributed by atoms with van der Waals surface area (Å²) >= 11 is 7.04. The van der Waals surface area contributed by atoms with E-state index in [0.717, 1.165) is 32.3 Å². The van der Waals surface area contributed by atoms with Gasteiger partial charge in [-0.2, -0.15) is 5.10 Å². The Hall–Kier alpha value is -0.650. The molecule has 0 aliphatic rings. The lowest BCUT2D eigenvalue weighted by Crippen LogP contribution is -2.11.